The minimum absolute atomic E-state index is 0.124. The van der Waals surface area contributed by atoms with E-state index in [-0.39, 0.29) is 18.1 Å². The summed E-state index contributed by atoms with van der Waals surface area (Å²) < 4.78 is 11.4. The second kappa shape index (κ2) is 5.94. The molecular formula is C15H25NO3. The van der Waals surface area contributed by atoms with Gasteiger partial charge in [-0.25, -0.2) is 0 Å². The molecule has 0 aromatic heterocycles. The van der Waals surface area contributed by atoms with E-state index in [0.29, 0.717) is 5.92 Å². The maximum absolute atomic E-state index is 11.4. The Bertz CT molecular complexity index is 372. The van der Waals surface area contributed by atoms with Crippen LogP contribution in [0.2, 0.25) is 0 Å². The first-order chi connectivity index (χ1) is 8.74. The van der Waals surface area contributed by atoms with Crippen LogP contribution in [0.3, 0.4) is 0 Å². The smallest absolute Gasteiger partial charge is 0.304 e. The topological polar surface area (TPSA) is 61.5 Å². The highest BCUT2D eigenvalue weighted by atomic mass is 16.6. The third-order valence-electron chi connectivity index (χ3n) is 3.49. The molecule has 2 N–H and O–H groups in total. The van der Waals surface area contributed by atoms with Crippen molar-refractivity contribution in [2.45, 2.75) is 64.9 Å². The standard InChI is InChI=1S/C15H25NO3/c1-7-15(19-11(6)17)13(16)12(8-9(2)3)18-14(15)10(4)5/h1,9-10,12-14H,8,16H2,2-6H3/t12-,13-,14+,15-/m1/s1. The number of esters is 1. The van der Waals surface area contributed by atoms with Crippen LogP contribution in [-0.2, 0) is 14.3 Å². The van der Waals surface area contributed by atoms with E-state index in [1.165, 1.54) is 6.92 Å². The van der Waals surface area contributed by atoms with Gasteiger partial charge in [-0.2, -0.15) is 0 Å². The maximum Gasteiger partial charge on any atom is 0.304 e. The zero-order chi connectivity index (χ0) is 14.8. The van der Waals surface area contributed by atoms with Gasteiger partial charge in [-0.1, -0.05) is 33.6 Å². The molecule has 1 saturated heterocycles. The van der Waals surface area contributed by atoms with E-state index in [2.05, 4.69) is 19.8 Å². The minimum atomic E-state index is -1.15. The second-order valence-corrected chi connectivity index (χ2v) is 6.03. The van der Waals surface area contributed by atoms with Crippen LogP contribution in [0.15, 0.2) is 0 Å². The van der Waals surface area contributed by atoms with E-state index in [9.17, 15) is 4.79 Å². The third-order valence-corrected chi connectivity index (χ3v) is 3.49. The van der Waals surface area contributed by atoms with Crippen molar-refractivity contribution in [3.05, 3.63) is 0 Å². The molecule has 19 heavy (non-hydrogen) atoms. The molecule has 0 amide bonds. The molecule has 0 saturated carbocycles. The summed E-state index contributed by atoms with van der Waals surface area (Å²) in [6.07, 6.45) is 5.90. The molecule has 1 aliphatic rings. The van der Waals surface area contributed by atoms with Crippen LogP contribution in [0.25, 0.3) is 0 Å². The van der Waals surface area contributed by atoms with Crippen molar-refractivity contribution in [3.63, 3.8) is 0 Å². The van der Waals surface area contributed by atoms with Gasteiger partial charge in [-0.05, 0) is 18.3 Å². The highest BCUT2D eigenvalue weighted by Crippen LogP contribution is 2.39. The fourth-order valence-corrected chi connectivity index (χ4v) is 2.73. The predicted octanol–water partition coefficient (Wildman–Crippen LogP) is 1.72. The summed E-state index contributed by atoms with van der Waals surface area (Å²) in [6.45, 7) is 9.53. The van der Waals surface area contributed by atoms with Gasteiger partial charge in [0.2, 0.25) is 5.60 Å². The number of hydrogen-bond acceptors (Lipinski definition) is 4. The van der Waals surface area contributed by atoms with Crippen molar-refractivity contribution in [3.8, 4) is 12.3 Å². The highest BCUT2D eigenvalue weighted by molar-refractivity contribution is 5.67. The summed E-state index contributed by atoms with van der Waals surface area (Å²) in [4.78, 5) is 11.4. The first kappa shape index (κ1) is 16.0. The molecule has 0 aromatic carbocycles. The van der Waals surface area contributed by atoms with Gasteiger partial charge in [-0.3, -0.25) is 4.79 Å². The van der Waals surface area contributed by atoms with Crippen LogP contribution in [0, 0.1) is 24.2 Å². The Morgan fingerprint density at radius 3 is 2.42 bits per heavy atom. The zero-order valence-electron chi connectivity index (χ0n) is 12.5. The van der Waals surface area contributed by atoms with Crippen molar-refractivity contribution in [1.29, 1.82) is 0 Å². The molecule has 1 fully saturated rings. The Balaban J connectivity index is 3.09. The fourth-order valence-electron chi connectivity index (χ4n) is 2.73. The van der Waals surface area contributed by atoms with Crippen LogP contribution in [0.1, 0.15) is 41.0 Å². The first-order valence-corrected chi connectivity index (χ1v) is 6.83. The summed E-state index contributed by atoms with van der Waals surface area (Å²) in [5, 5.41) is 0. The molecule has 1 heterocycles. The van der Waals surface area contributed by atoms with E-state index in [0.717, 1.165) is 6.42 Å². The van der Waals surface area contributed by atoms with Gasteiger partial charge in [0.1, 0.15) is 6.10 Å². The highest BCUT2D eigenvalue weighted by Gasteiger charge is 2.57. The molecule has 4 heteroatoms. The number of rotatable bonds is 4. The van der Waals surface area contributed by atoms with Crippen molar-refractivity contribution in [2.75, 3.05) is 0 Å². The lowest BCUT2D eigenvalue weighted by molar-refractivity contribution is -0.158. The van der Waals surface area contributed by atoms with E-state index >= 15 is 0 Å². The second-order valence-electron chi connectivity index (χ2n) is 6.03. The molecule has 4 nitrogen and oxygen atoms in total. The van der Waals surface area contributed by atoms with E-state index in [1.54, 1.807) is 0 Å². The van der Waals surface area contributed by atoms with Crippen LogP contribution in [0.5, 0.6) is 0 Å². The summed E-state index contributed by atoms with van der Waals surface area (Å²) in [5.41, 5.74) is 5.10. The number of terminal acetylenes is 1. The van der Waals surface area contributed by atoms with Gasteiger partial charge in [-0.15, -0.1) is 6.42 Å². The average Bonchev–Trinajstić information content (AvgIpc) is 2.53. The van der Waals surface area contributed by atoms with Crippen LogP contribution >= 0.6 is 0 Å². The van der Waals surface area contributed by atoms with E-state index < -0.39 is 17.6 Å². The molecule has 0 unspecified atom stereocenters. The Hall–Kier alpha value is -1.05. The van der Waals surface area contributed by atoms with Crippen molar-refractivity contribution in [1.82, 2.24) is 0 Å². The monoisotopic (exact) mass is 267 g/mol. The van der Waals surface area contributed by atoms with Crippen molar-refractivity contribution < 1.29 is 14.3 Å². The lowest BCUT2D eigenvalue weighted by atomic mass is 9.83. The Morgan fingerprint density at radius 1 is 1.47 bits per heavy atom. The lowest BCUT2D eigenvalue weighted by Crippen LogP contribution is -2.56. The molecule has 0 spiro atoms. The Kier molecular flexibility index (Phi) is 5.00. The zero-order valence-corrected chi connectivity index (χ0v) is 12.5. The average molecular weight is 267 g/mol. The molecule has 1 rings (SSSR count). The third kappa shape index (κ3) is 3.10. The SMILES string of the molecule is C#C[C@@]1(OC(C)=O)[C@H](N)[C@@H](CC(C)C)O[C@H]1C(C)C. The van der Waals surface area contributed by atoms with Gasteiger partial charge in [0.25, 0.3) is 0 Å². The fraction of sp³-hybridized carbons (Fsp3) is 0.800. The summed E-state index contributed by atoms with van der Waals surface area (Å²) in [7, 11) is 0. The number of hydrogen-bond donors (Lipinski definition) is 1. The molecule has 0 radical (unpaired) electrons. The lowest BCUT2D eigenvalue weighted by Gasteiger charge is -2.33. The maximum atomic E-state index is 11.4. The van der Waals surface area contributed by atoms with Crippen LogP contribution in [-0.4, -0.2) is 29.8 Å². The first-order valence-electron chi connectivity index (χ1n) is 6.83. The molecule has 108 valence electrons. The van der Waals surface area contributed by atoms with Crippen LogP contribution in [0.4, 0.5) is 0 Å². The quantitative estimate of drug-likeness (QED) is 0.622. The predicted molar refractivity (Wildman–Crippen MR) is 74.3 cm³/mol. The van der Waals surface area contributed by atoms with Crippen molar-refractivity contribution in [2.24, 2.45) is 17.6 Å². The van der Waals surface area contributed by atoms with Crippen LogP contribution < -0.4 is 5.73 Å². The molecule has 0 aliphatic carbocycles. The summed E-state index contributed by atoms with van der Waals surface area (Å²) >= 11 is 0. The minimum Gasteiger partial charge on any atom is -0.441 e. The molecule has 1 aliphatic heterocycles. The Morgan fingerprint density at radius 2 is 2.05 bits per heavy atom. The summed E-state index contributed by atoms with van der Waals surface area (Å²) in [6, 6.07) is -0.490. The molecule has 0 aromatic rings. The van der Waals surface area contributed by atoms with Gasteiger partial charge in [0, 0.05) is 6.92 Å². The molecular weight excluding hydrogens is 242 g/mol. The summed E-state index contributed by atoms with van der Waals surface area (Å²) in [5.74, 6) is 2.74. The molecule has 4 atom stereocenters. The normalized spacial score (nSPS) is 34.6. The van der Waals surface area contributed by atoms with Gasteiger partial charge in [0.05, 0.1) is 12.1 Å². The number of carbonyl (C=O) groups is 1. The van der Waals surface area contributed by atoms with E-state index in [1.807, 2.05) is 13.8 Å². The van der Waals surface area contributed by atoms with E-state index in [4.69, 9.17) is 21.6 Å². The Labute approximate surface area is 116 Å². The van der Waals surface area contributed by atoms with Gasteiger partial charge in [0.15, 0.2) is 0 Å². The largest absolute Gasteiger partial charge is 0.441 e. The number of ether oxygens (including phenoxy) is 2. The molecule has 0 bridgehead atoms. The van der Waals surface area contributed by atoms with Gasteiger partial charge < -0.3 is 15.2 Å². The van der Waals surface area contributed by atoms with Gasteiger partial charge >= 0.3 is 5.97 Å². The van der Waals surface area contributed by atoms with Crippen molar-refractivity contribution >= 4 is 5.97 Å². The number of nitrogens with two attached hydrogens (primary N) is 1. The number of carbonyl (C=O) groups excluding carboxylic acids is 1.